The third kappa shape index (κ3) is 6.34. The molecular formula is C26H35FN2O6. The lowest BCUT2D eigenvalue weighted by Gasteiger charge is -2.34. The van der Waals surface area contributed by atoms with Crippen LogP contribution in [0.5, 0.6) is 0 Å². The van der Waals surface area contributed by atoms with E-state index in [0.29, 0.717) is 22.6 Å². The summed E-state index contributed by atoms with van der Waals surface area (Å²) in [5.74, 6) is -1.63. The predicted molar refractivity (Wildman–Crippen MR) is 128 cm³/mol. The van der Waals surface area contributed by atoms with Crippen LogP contribution in [0.2, 0.25) is 0 Å². The van der Waals surface area contributed by atoms with E-state index in [-0.39, 0.29) is 31.7 Å². The molecule has 0 saturated carbocycles. The first-order valence-electron chi connectivity index (χ1n) is 11.9. The van der Waals surface area contributed by atoms with Crippen LogP contribution in [0.15, 0.2) is 34.5 Å². The number of fused-ring (bicyclic) bond motifs is 1. The average Bonchev–Trinajstić information content (AvgIpc) is 3.18. The molecule has 2 heterocycles. The number of carbonyl (C=O) groups excluding carboxylic acids is 2. The topological polar surface area (TPSA) is 122 Å². The first-order valence-corrected chi connectivity index (χ1v) is 11.9. The molecule has 1 aromatic heterocycles. The molecular weight excluding hydrogens is 455 g/mol. The van der Waals surface area contributed by atoms with Crippen molar-refractivity contribution in [1.82, 2.24) is 10.3 Å². The summed E-state index contributed by atoms with van der Waals surface area (Å²) < 4.78 is 25.6. The van der Waals surface area contributed by atoms with Crippen LogP contribution in [0.25, 0.3) is 11.1 Å². The highest BCUT2D eigenvalue weighted by atomic mass is 19.1. The zero-order valence-corrected chi connectivity index (χ0v) is 20.9. The number of aliphatic hydroxyl groups excluding tert-OH is 2. The van der Waals surface area contributed by atoms with E-state index in [1.807, 2.05) is 0 Å². The van der Waals surface area contributed by atoms with Gasteiger partial charge in [-0.1, -0.05) is 32.9 Å². The number of ether oxygens (including phenoxy) is 1. The van der Waals surface area contributed by atoms with Gasteiger partial charge in [0, 0.05) is 19.3 Å². The molecule has 3 rings (SSSR count). The van der Waals surface area contributed by atoms with Crippen molar-refractivity contribution in [2.24, 2.45) is 11.3 Å². The van der Waals surface area contributed by atoms with Crippen molar-refractivity contribution in [3.05, 3.63) is 41.6 Å². The lowest BCUT2D eigenvalue weighted by molar-refractivity contribution is -0.146. The number of aromatic nitrogens is 1. The first kappa shape index (κ1) is 27.0. The molecule has 2 aromatic rings. The lowest BCUT2D eigenvalue weighted by Crippen LogP contribution is -2.47. The van der Waals surface area contributed by atoms with E-state index in [9.17, 15) is 24.2 Å². The molecule has 1 aromatic carbocycles. The summed E-state index contributed by atoms with van der Waals surface area (Å²) in [5, 5.41) is 24.2. The van der Waals surface area contributed by atoms with Crippen LogP contribution >= 0.6 is 0 Å². The number of oxazole rings is 1. The summed E-state index contributed by atoms with van der Waals surface area (Å²) in [6.07, 6.45) is -1.92. The molecule has 5 atom stereocenters. The molecule has 192 valence electrons. The summed E-state index contributed by atoms with van der Waals surface area (Å²) >= 11 is 0. The maximum Gasteiger partial charge on any atom is 0.223 e. The Morgan fingerprint density at radius 1 is 1.20 bits per heavy atom. The Morgan fingerprint density at radius 3 is 2.63 bits per heavy atom. The summed E-state index contributed by atoms with van der Waals surface area (Å²) in [6.45, 7) is 8.05. The van der Waals surface area contributed by atoms with Gasteiger partial charge >= 0.3 is 0 Å². The van der Waals surface area contributed by atoms with Crippen molar-refractivity contribution < 1.29 is 33.3 Å². The van der Waals surface area contributed by atoms with E-state index in [1.54, 1.807) is 52.8 Å². The molecule has 1 aliphatic rings. The Labute approximate surface area is 204 Å². The molecule has 8 nitrogen and oxygen atoms in total. The number of nitrogens with one attached hydrogen (secondary N) is 1. The van der Waals surface area contributed by atoms with Gasteiger partial charge in [0.25, 0.3) is 0 Å². The van der Waals surface area contributed by atoms with E-state index in [4.69, 9.17) is 9.15 Å². The van der Waals surface area contributed by atoms with Gasteiger partial charge < -0.3 is 24.7 Å². The number of hydrogen-bond acceptors (Lipinski definition) is 7. The van der Waals surface area contributed by atoms with Gasteiger partial charge in [0.1, 0.15) is 11.3 Å². The Hall–Kier alpha value is -2.62. The minimum absolute atomic E-state index is 0.00816. The van der Waals surface area contributed by atoms with Crippen LogP contribution in [0.1, 0.15) is 64.5 Å². The van der Waals surface area contributed by atoms with Crippen molar-refractivity contribution in [2.75, 3.05) is 6.61 Å². The minimum atomic E-state index is -1.29. The van der Waals surface area contributed by atoms with E-state index < -0.39 is 47.4 Å². The van der Waals surface area contributed by atoms with Crippen LogP contribution in [-0.2, 0) is 14.3 Å². The third-order valence-corrected chi connectivity index (χ3v) is 6.81. The summed E-state index contributed by atoms with van der Waals surface area (Å²) in [6, 6.07) is 4.71. The minimum Gasteiger partial charge on any atom is -0.441 e. The van der Waals surface area contributed by atoms with E-state index in [2.05, 4.69) is 10.3 Å². The summed E-state index contributed by atoms with van der Waals surface area (Å²) in [5.41, 5.74) is 0.641. The first-order chi connectivity index (χ1) is 16.4. The number of carbonyl (C=O) groups is 2. The molecule has 0 bridgehead atoms. The van der Waals surface area contributed by atoms with E-state index in [0.717, 1.165) is 0 Å². The number of amides is 1. The molecule has 0 spiro atoms. The number of aryl methyl sites for hydroxylation is 1. The highest BCUT2D eigenvalue weighted by Gasteiger charge is 2.42. The van der Waals surface area contributed by atoms with Gasteiger partial charge in [-0.15, -0.1) is 0 Å². The molecule has 0 unspecified atom stereocenters. The van der Waals surface area contributed by atoms with Crippen molar-refractivity contribution in [3.63, 3.8) is 0 Å². The molecule has 1 amide bonds. The Balaban J connectivity index is 1.91. The Bertz CT molecular complexity index is 1090. The fraction of sp³-hybridized carbons (Fsp3) is 0.577. The quantitative estimate of drug-likeness (QED) is 0.557. The van der Waals surface area contributed by atoms with Crippen molar-refractivity contribution >= 4 is 22.8 Å². The number of benzene rings is 1. The van der Waals surface area contributed by atoms with Crippen LogP contribution in [0.3, 0.4) is 0 Å². The summed E-state index contributed by atoms with van der Waals surface area (Å²) in [7, 11) is 0. The molecule has 0 aliphatic carbocycles. The normalized spacial score (nSPS) is 31.1. The number of halogens is 1. The average molecular weight is 491 g/mol. The van der Waals surface area contributed by atoms with Crippen molar-refractivity contribution in [3.8, 4) is 0 Å². The number of hydrogen-bond donors (Lipinski definition) is 3. The van der Waals surface area contributed by atoms with Gasteiger partial charge in [-0.05, 0) is 31.0 Å². The van der Waals surface area contributed by atoms with Crippen molar-refractivity contribution in [1.29, 1.82) is 0 Å². The Kier molecular flexibility index (Phi) is 8.46. The van der Waals surface area contributed by atoms with Crippen LogP contribution < -0.4 is 5.32 Å². The second-order valence-electron chi connectivity index (χ2n) is 9.88. The number of nitrogens with zero attached hydrogens (tertiary/aromatic N) is 1. The SMILES string of the molecule is Cc1nc2cc([C@@H]3C/C=C(/F)CCO[C@@H](C)[C@@H](O)[C@@H](C)C(=O)C(C)(C)[C@@H](O)CC(=O)N3)ccc2o1. The van der Waals surface area contributed by atoms with Gasteiger partial charge in [-0.2, -0.15) is 0 Å². The molecule has 0 saturated heterocycles. The third-order valence-electron chi connectivity index (χ3n) is 6.81. The second kappa shape index (κ2) is 11.0. The molecule has 0 fully saturated rings. The highest BCUT2D eigenvalue weighted by molar-refractivity contribution is 5.88. The van der Waals surface area contributed by atoms with Gasteiger partial charge in [-0.25, -0.2) is 9.37 Å². The lowest BCUT2D eigenvalue weighted by atomic mass is 9.74. The number of Topliss-reactive ketones (excluding diaryl/α,β-unsaturated/α-hetero) is 1. The van der Waals surface area contributed by atoms with Crippen LogP contribution in [0.4, 0.5) is 4.39 Å². The van der Waals surface area contributed by atoms with Gasteiger partial charge in [0.05, 0.1) is 48.6 Å². The smallest absolute Gasteiger partial charge is 0.223 e. The Morgan fingerprint density at radius 2 is 1.91 bits per heavy atom. The summed E-state index contributed by atoms with van der Waals surface area (Å²) in [4.78, 5) is 30.3. The van der Waals surface area contributed by atoms with Crippen LogP contribution in [-0.4, -0.2) is 51.8 Å². The molecule has 0 radical (unpaired) electrons. The standard InChI is InChI=1S/C26H35FN2O6/c1-14-24(32)15(2)34-11-10-18(27)7-8-19(17-6-9-21-20(12-17)28-16(3)35-21)29-23(31)13-22(30)26(4,5)25(14)33/h6-7,9,12,14-15,19,22,24,30,32H,8,10-11,13H2,1-5H3,(H,29,31)/b18-7+/t14-,15+,19+,22+,24+/m1/s1. The zero-order valence-electron chi connectivity index (χ0n) is 20.9. The van der Waals surface area contributed by atoms with Crippen molar-refractivity contribution in [2.45, 2.75) is 78.2 Å². The predicted octanol–water partition coefficient (Wildman–Crippen LogP) is 3.69. The fourth-order valence-electron chi connectivity index (χ4n) is 4.34. The monoisotopic (exact) mass is 490 g/mol. The van der Waals surface area contributed by atoms with Gasteiger partial charge in [-0.3, -0.25) is 9.59 Å². The van der Waals surface area contributed by atoms with Crippen LogP contribution in [0, 0.1) is 18.3 Å². The maximum atomic E-state index is 14.6. The fourth-order valence-corrected chi connectivity index (χ4v) is 4.34. The maximum absolute atomic E-state index is 14.6. The molecule has 35 heavy (non-hydrogen) atoms. The van der Waals surface area contributed by atoms with Gasteiger partial charge in [0.2, 0.25) is 5.91 Å². The largest absolute Gasteiger partial charge is 0.441 e. The number of ketones is 1. The molecule has 9 heteroatoms. The second-order valence-corrected chi connectivity index (χ2v) is 9.88. The number of rotatable bonds is 1. The zero-order chi connectivity index (χ0) is 25.9. The number of aliphatic hydroxyl groups is 2. The van der Waals surface area contributed by atoms with Gasteiger partial charge in [0.15, 0.2) is 11.5 Å². The highest BCUT2D eigenvalue weighted by Crippen LogP contribution is 2.31. The molecule has 1 aliphatic heterocycles. The van der Waals surface area contributed by atoms with E-state index >= 15 is 0 Å². The van der Waals surface area contributed by atoms with E-state index in [1.165, 1.54) is 6.08 Å². The molecule has 3 N–H and O–H groups in total.